The summed E-state index contributed by atoms with van der Waals surface area (Å²) in [6.07, 6.45) is -2.19. The largest absolute Gasteiger partial charge is 0.441 e. The predicted molar refractivity (Wildman–Crippen MR) is 155 cm³/mol. The molecule has 2 heterocycles. The van der Waals surface area contributed by atoms with Crippen LogP contribution in [-0.4, -0.2) is 23.9 Å². The molecule has 5 aromatic rings. The minimum atomic E-state index is -5.73. The highest BCUT2D eigenvalue weighted by Crippen LogP contribution is 2.67. The van der Waals surface area contributed by atoms with Crippen molar-refractivity contribution < 1.29 is 35.9 Å². The smallest absolute Gasteiger partial charge is 0.412 e. The number of para-hydroxylation sites is 1. The average Bonchev–Trinajstić information content (AvgIpc) is 3.51. The van der Waals surface area contributed by atoms with Gasteiger partial charge in [-0.25, -0.2) is 4.79 Å². The molecule has 2 aromatic heterocycles. The summed E-state index contributed by atoms with van der Waals surface area (Å²) in [7, 11) is 0. The lowest BCUT2D eigenvalue weighted by atomic mass is 9.91. The molecule has 0 unspecified atom stereocenters. The van der Waals surface area contributed by atoms with Crippen molar-refractivity contribution in [3.8, 4) is 0 Å². The first-order chi connectivity index (χ1) is 19.9. The molecule has 11 heteroatoms. The Hall–Kier alpha value is -3.83. The lowest BCUT2D eigenvalue weighted by molar-refractivity contribution is -0.254. The van der Waals surface area contributed by atoms with Crippen LogP contribution in [0.15, 0.2) is 78.9 Å². The van der Waals surface area contributed by atoms with Crippen LogP contribution >= 0.6 is 22.7 Å². The van der Waals surface area contributed by atoms with Crippen LogP contribution in [0.4, 0.5) is 36.8 Å². The Balaban J connectivity index is 1.61. The third-order valence-corrected chi connectivity index (χ3v) is 9.65. The van der Waals surface area contributed by atoms with E-state index in [1.165, 1.54) is 38.1 Å². The minimum Gasteiger partial charge on any atom is -0.441 e. The number of carbonyl (C=O) groups is 1. The summed E-state index contributed by atoms with van der Waals surface area (Å²) in [4.78, 5) is 12.8. The molecule has 0 saturated heterocycles. The Morgan fingerprint density at radius 1 is 0.738 bits per heavy atom. The zero-order valence-corrected chi connectivity index (χ0v) is 23.6. The minimum absolute atomic E-state index is 0.0581. The van der Waals surface area contributed by atoms with Crippen molar-refractivity contribution in [1.82, 2.24) is 0 Å². The van der Waals surface area contributed by atoms with E-state index in [0.29, 0.717) is 15.1 Å². The number of ether oxygens (including phenoxy) is 1. The molecule has 0 bridgehead atoms. The number of rotatable bonds is 5. The molecule has 42 heavy (non-hydrogen) atoms. The Morgan fingerprint density at radius 2 is 1.24 bits per heavy atom. The van der Waals surface area contributed by atoms with E-state index in [9.17, 15) is 4.79 Å². The van der Waals surface area contributed by atoms with Crippen molar-refractivity contribution in [1.29, 1.82) is 0 Å². The van der Waals surface area contributed by atoms with E-state index in [1.54, 1.807) is 54.6 Å². The van der Waals surface area contributed by atoms with Gasteiger partial charge in [0, 0.05) is 53.0 Å². The van der Waals surface area contributed by atoms with Gasteiger partial charge in [0.1, 0.15) is 6.10 Å². The summed E-state index contributed by atoms with van der Waals surface area (Å²) in [5.74, 6) is -16.2. The van der Waals surface area contributed by atoms with Gasteiger partial charge >= 0.3 is 23.9 Å². The van der Waals surface area contributed by atoms with Crippen LogP contribution in [-0.2, 0) is 4.74 Å². The van der Waals surface area contributed by atoms with Gasteiger partial charge in [-0.3, -0.25) is 5.32 Å². The normalized spacial score (nSPS) is 18.0. The number of aryl methyl sites for hydroxylation is 1. The maximum absolute atomic E-state index is 15.9. The molecular formula is C31H21F6NO2S2. The number of halogens is 6. The van der Waals surface area contributed by atoms with Gasteiger partial charge in [0.2, 0.25) is 0 Å². The van der Waals surface area contributed by atoms with Crippen molar-refractivity contribution in [3.63, 3.8) is 0 Å². The Morgan fingerprint density at radius 3 is 1.86 bits per heavy atom. The number of amides is 1. The fraction of sp³-hybridized carbons (Fsp3) is 0.194. The summed E-state index contributed by atoms with van der Waals surface area (Å²) < 4.78 is 100. The molecule has 1 N–H and O–H groups in total. The van der Waals surface area contributed by atoms with Gasteiger partial charge in [-0.15, -0.1) is 22.7 Å². The number of hydrogen-bond acceptors (Lipinski definition) is 4. The van der Waals surface area contributed by atoms with Gasteiger partial charge in [-0.1, -0.05) is 54.6 Å². The van der Waals surface area contributed by atoms with Gasteiger partial charge in [0.25, 0.3) is 0 Å². The molecule has 0 saturated carbocycles. The number of thiophene rings is 2. The zero-order chi connectivity index (χ0) is 30.0. The van der Waals surface area contributed by atoms with Crippen LogP contribution < -0.4 is 5.32 Å². The number of nitrogens with one attached hydrogen (secondary N) is 1. The number of fused-ring (bicyclic) bond motifs is 2. The van der Waals surface area contributed by atoms with Crippen LogP contribution in [0.2, 0.25) is 0 Å². The first-order valence-corrected chi connectivity index (χ1v) is 14.4. The number of anilines is 1. The molecule has 6 rings (SSSR count). The van der Waals surface area contributed by atoms with E-state index < -0.39 is 46.7 Å². The monoisotopic (exact) mass is 617 g/mol. The van der Waals surface area contributed by atoms with Gasteiger partial charge in [-0.05, 0) is 38.1 Å². The van der Waals surface area contributed by atoms with Gasteiger partial charge < -0.3 is 4.74 Å². The molecule has 0 fully saturated rings. The highest BCUT2D eigenvalue weighted by atomic mass is 32.1. The van der Waals surface area contributed by atoms with Crippen LogP contribution in [0.1, 0.15) is 33.9 Å². The van der Waals surface area contributed by atoms with Gasteiger partial charge in [0.15, 0.2) is 0 Å². The zero-order valence-electron chi connectivity index (χ0n) is 22.0. The van der Waals surface area contributed by atoms with Crippen molar-refractivity contribution in [2.45, 2.75) is 37.7 Å². The molecule has 1 aliphatic rings. The average molecular weight is 618 g/mol. The third kappa shape index (κ3) is 4.12. The highest BCUT2D eigenvalue weighted by Gasteiger charge is 2.80. The van der Waals surface area contributed by atoms with Gasteiger partial charge in [0.05, 0.1) is 4.88 Å². The summed E-state index contributed by atoms with van der Waals surface area (Å²) in [6, 6.07) is 20.6. The topological polar surface area (TPSA) is 38.3 Å². The fourth-order valence-electron chi connectivity index (χ4n) is 5.36. The fourth-order valence-corrected chi connectivity index (χ4v) is 7.62. The van der Waals surface area contributed by atoms with E-state index in [-0.39, 0.29) is 26.1 Å². The van der Waals surface area contributed by atoms with E-state index in [4.69, 9.17) is 4.74 Å². The molecular weight excluding hydrogens is 596 g/mol. The molecule has 0 aliphatic heterocycles. The van der Waals surface area contributed by atoms with Crippen LogP contribution in [0, 0.1) is 6.92 Å². The molecule has 0 spiro atoms. The van der Waals surface area contributed by atoms with E-state index in [0.717, 1.165) is 22.7 Å². The molecule has 1 aliphatic carbocycles. The van der Waals surface area contributed by atoms with Crippen LogP contribution in [0.3, 0.4) is 0 Å². The summed E-state index contributed by atoms with van der Waals surface area (Å²) in [5.41, 5.74) is -3.31. The van der Waals surface area contributed by atoms with Crippen molar-refractivity contribution in [2.75, 3.05) is 5.32 Å². The predicted octanol–water partition coefficient (Wildman–Crippen LogP) is 10.6. The van der Waals surface area contributed by atoms with Crippen LogP contribution in [0.25, 0.3) is 31.3 Å². The second-order valence-electron chi connectivity index (χ2n) is 9.88. The van der Waals surface area contributed by atoms with E-state index in [2.05, 4.69) is 5.32 Å². The number of benzene rings is 3. The van der Waals surface area contributed by atoms with Gasteiger partial charge in [-0.2, -0.15) is 26.3 Å². The van der Waals surface area contributed by atoms with Crippen LogP contribution in [0.5, 0.6) is 0 Å². The lowest BCUT2D eigenvalue weighted by Gasteiger charge is -2.26. The second-order valence-corrected chi connectivity index (χ2v) is 12.2. The molecule has 1 amide bonds. The first kappa shape index (κ1) is 28.3. The van der Waals surface area contributed by atoms with Crippen molar-refractivity contribution in [3.05, 3.63) is 99.7 Å². The summed E-state index contributed by atoms with van der Waals surface area (Å²) in [6.45, 7) is 2.83. The maximum Gasteiger partial charge on any atom is 0.412 e. The third-order valence-electron chi connectivity index (χ3n) is 7.23. The Kier molecular flexibility index (Phi) is 6.65. The maximum atomic E-state index is 15.9. The SMILES string of the molecule is Cc1sc2ccccc2c1C1=C(c2c([C@H](C)OC(=O)Nc3ccccc3)sc3ccccc23)C(F)(F)C(F)(F)C1(F)F. The Bertz CT molecular complexity index is 1880. The van der Waals surface area contributed by atoms with E-state index in [1.807, 2.05) is 0 Å². The molecule has 0 radical (unpaired) electrons. The lowest BCUT2D eigenvalue weighted by Crippen LogP contribution is -2.49. The number of alkyl halides is 6. The van der Waals surface area contributed by atoms with E-state index >= 15 is 26.3 Å². The number of allylic oxidation sites excluding steroid dienone is 2. The first-order valence-electron chi connectivity index (χ1n) is 12.8. The molecule has 1 atom stereocenters. The van der Waals surface area contributed by atoms with Crippen molar-refractivity contribution >= 4 is 65.8 Å². The number of carbonyl (C=O) groups excluding carboxylic acids is 1. The quantitative estimate of drug-likeness (QED) is 0.199. The molecule has 3 aromatic carbocycles. The summed E-state index contributed by atoms with van der Waals surface area (Å²) in [5, 5.41) is 2.76. The molecule has 216 valence electrons. The highest BCUT2D eigenvalue weighted by molar-refractivity contribution is 7.19. The molecule has 3 nitrogen and oxygen atoms in total. The Labute approximate surface area is 244 Å². The van der Waals surface area contributed by atoms with Crippen molar-refractivity contribution in [2.24, 2.45) is 0 Å². The standard InChI is InChI=1S/C31H21F6NO2S2/c1-16(40-28(39)38-18-10-4-3-5-11-18)27-24(20-13-7-9-15-22(20)42-27)26-25(29(32,33)31(36,37)30(26,34)35)23-17(2)41-21-14-8-6-12-19(21)23/h3-16H,1-2H3,(H,38,39)/t16-/m0/s1. The number of hydrogen-bond donors (Lipinski definition) is 1. The second kappa shape index (κ2) is 9.88. The summed E-state index contributed by atoms with van der Waals surface area (Å²) >= 11 is 1.97.